The molecule has 6 heterocycles. The number of ether oxygens (including phenoxy) is 3. The van der Waals surface area contributed by atoms with Gasteiger partial charge in [-0.3, -0.25) is 14.4 Å². The minimum Gasteiger partial charge on any atom is -0.508 e. The van der Waals surface area contributed by atoms with Gasteiger partial charge in [-0.2, -0.15) is 0 Å². The van der Waals surface area contributed by atoms with E-state index in [0.717, 1.165) is 109 Å². The number of allylic oxidation sites excluding steroid dienone is 9. The molecule has 0 aromatic heterocycles. The largest absolute Gasteiger partial charge is 0.508 e. The second kappa shape index (κ2) is 38.6. The van der Waals surface area contributed by atoms with Crippen molar-refractivity contribution in [2.24, 2.45) is 15.5 Å². The molecule has 0 saturated carbocycles. The fourth-order valence-electron chi connectivity index (χ4n) is 10.3. The number of aromatic hydroxyl groups is 6. The van der Waals surface area contributed by atoms with Crippen LogP contribution in [-0.4, -0.2) is 177 Å². The number of amides is 3. The highest BCUT2D eigenvalue weighted by molar-refractivity contribution is 6.34. The lowest BCUT2D eigenvalue weighted by Gasteiger charge is -2.15. The molecule has 2 saturated heterocycles. The van der Waals surface area contributed by atoms with Crippen LogP contribution in [0.1, 0.15) is 131 Å². The molecule has 0 atom stereocenters. The summed E-state index contributed by atoms with van der Waals surface area (Å²) in [5.41, 5.74) is 1.57. The summed E-state index contributed by atoms with van der Waals surface area (Å²) < 4.78 is 15.8. The number of hydrogen-bond donors (Lipinski definition) is 6. The van der Waals surface area contributed by atoms with Gasteiger partial charge in [0, 0.05) is 76.7 Å². The number of cyclic esters (lactones) is 3. The maximum atomic E-state index is 12.6. The molecule has 0 bridgehead atoms. The molecule has 95 heavy (non-hydrogen) atoms. The predicted molar refractivity (Wildman–Crippen MR) is 355 cm³/mol. The van der Waals surface area contributed by atoms with E-state index >= 15 is 0 Å². The Morgan fingerprint density at radius 2 is 0.747 bits per heavy atom. The Bertz CT molecular complexity index is 3360. The van der Waals surface area contributed by atoms with Gasteiger partial charge >= 0.3 is 17.9 Å². The molecule has 26 heteroatoms. The summed E-state index contributed by atoms with van der Waals surface area (Å²) in [7, 11) is 0. The molecule has 0 unspecified atom stereocenters. The summed E-state index contributed by atoms with van der Waals surface area (Å²) in [5, 5.41) is 73.0. The molecule has 3 amide bonds. The second-order valence-corrected chi connectivity index (χ2v) is 23.1. The highest BCUT2D eigenvalue weighted by Gasteiger charge is 2.28. The molecule has 0 aliphatic carbocycles. The summed E-state index contributed by atoms with van der Waals surface area (Å²) in [6, 6.07) is 4.48. The number of halogens is 2. The van der Waals surface area contributed by atoms with E-state index in [2.05, 4.69) is 15.5 Å². The van der Waals surface area contributed by atoms with Crippen LogP contribution in [0.4, 0.5) is 0 Å². The third kappa shape index (κ3) is 23.2. The van der Waals surface area contributed by atoms with Gasteiger partial charge in [-0.05, 0) is 124 Å². The Morgan fingerprint density at radius 1 is 0.411 bits per heavy atom. The van der Waals surface area contributed by atoms with Crippen molar-refractivity contribution in [2.45, 2.75) is 103 Å². The van der Waals surface area contributed by atoms with E-state index in [1.165, 1.54) is 6.07 Å². The van der Waals surface area contributed by atoms with Crippen LogP contribution >= 0.6 is 23.2 Å². The van der Waals surface area contributed by atoms with Gasteiger partial charge in [0.15, 0.2) is 19.8 Å². The highest BCUT2D eigenvalue weighted by Crippen LogP contribution is 2.39. The normalized spacial score (nSPS) is 20.8. The average Bonchev–Trinajstić information content (AvgIpc) is 1.65. The molecule has 6 aliphatic heterocycles. The molecule has 6 aliphatic rings. The van der Waals surface area contributed by atoms with Crippen LogP contribution in [0.25, 0.3) is 0 Å². The third-order valence-corrected chi connectivity index (χ3v) is 16.1. The van der Waals surface area contributed by atoms with Gasteiger partial charge in [0.25, 0.3) is 17.7 Å². The molecular formula is C69H80Cl2N6O18. The number of benzene rings is 3. The van der Waals surface area contributed by atoms with E-state index < -0.39 is 29.4 Å². The lowest BCUT2D eigenvalue weighted by Crippen LogP contribution is -2.31. The number of oxime groups is 3. The zero-order chi connectivity index (χ0) is 67.9. The molecule has 0 radical (unpaired) electrons. The number of carbonyl (C=O) groups is 6. The smallest absolute Gasteiger partial charge is 0.342 e. The first kappa shape index (κ1) is 72.9. The number of phenolic OH excluding ortho intramolecular Hbond substituents is 6. The first-order valence-corrected chi connectivity index (χ1v) is 32.3. The minimum atomic E-state index is -0.752. The van der Waals surface area contributed by atoms with Gasteiger partial charge in [0.1, 0.15) is 51.2 Å². The van der Waals surface area contributed by atoms with Crippen molar-refractivity contribution in [1.82, 2.24) is 14.7 Å². The number of esters is 3. The molecule has 2 fully saturated rings. The Balaban J connectivity index is 0.000000201. The summed E-state index contributed by atoms with van der Waals surface area (Å²) in [5.74, 6) is -4.82. The van der Waals surface area contributed by atoms with Crippen LogP contribution in [0.3, 0.4) is 0 Å². The van der Waals surface area contributed by atoms with Crippen molar-refractivity contribution in [3.05, 3.63) is 153 Å². The fraction of sp³-hybridized carbons (Fsp3) is 0.406. The van der Waals surface area contributed by atoms with Crippen molar-refractivity contribution in [3.63, 3.8) is 0 Å². The first-order valence-electron chi connectivity index (χ1n) is 31.5. The summed E-state index contributed by atoms with van der Waals surface area (Å²) >= 11 is 12.5. The Labute approximate surface area is 560 Å². The van der Waals surface area contributed by atoms with Gasteiger partial charge in [-0.15, -0.1) is 0 Å². The summed E-state index contributed by atoms with van der Waals surface area (Å²) in [4.78, 5) is 95.3. The molecule has 3 aromatic carbocycles. The van der Waals surface area contributed by atoms with Gasteiger partial charge < -0.3 is 74.1 Å². The van der Waals surface area contributed by atoms with Crippen LogP contribution < -0.4 is 0 Å². The third-order valence-electron chi connectivity index (χ3n) is 15.2. The Kier molecular flexibility index (Phi) is 29.6. The van der Waals surface area contributed by atoms with Crippen molar-refractivity contribution < 1.29 is 88.1 Å². The maximum absolute atomic E-state index is 12.6. The number of phenols is 6. The number of hydrogen-bond acceptors (Lipinski definition) is 21. The topological polar surface area (TPSA) is 326 Å². The van der Waals surface area contributed by atoms with E-state index in [1.807, 2.05) is 66.8 Å². The van der Waals surface area contributed by atoms with E-state index in [9.17, 15) is 59.4 Å². The SMILES string of the molecule is O=C1OCC/C=C/CC/C=C/C(=N/OCC(=O)N2CCCC2)Cc2c(Cl)c(O)cc(O)c21.O=C1OCC/C=C/CC/C=C/C(=N\OCC(=O)N2CC=CC2)Cc2cc(O)cc(O)c21.O=C1OCC/C=C/CC/C=C/C(=N\OCC(=O)N2CCCC2)Cc2c(Cl)c(O)cc(O)c21. The molecule has 3 aromatic rings. The average molecular weight is 1350 g/mol. The fourth-order valence-corrected chi connectivity index (χ4v) is 10.8. The second-order valence-electron chi connectivity index (χ2n) is 22.3. The Hall–Kier alpha value is -9.55. The molecule has 508 valence electrons. The van der Waals surface area contributed by atoms with E-state index in [1.54, 1.807) is 32.9 Å². The first-order chi connectivity index (χ1) is 46.0. The predicted octanol–water partition coefficient (Wildman–Crippen LogP) is 10.3. The van der Waals surface area contributed by atoms with Crippen molar-refractivity contribution >= 4 is 76.0 Å². The standard InChI is InChI=1S/2C23H27ClN2O6.C23H26N2O6/c2*24-22-17-13-16(25-32-15-20(29)26-10-6-7-11-26)9-5-3-1-2-4-8-12-31-23(30)21(17)18(27)14-19(22)28;26-19-14-17-13-18(24-31-16-21(28)25-10-6-7-11-25)9-5-3-1-2-4-8-12-30-23(29)22(17)20(27)15-19/h2*2,4-5,9,14,27-28H,1,3,6-8,10-13,15H2;2,4-7,9,14-15,26-27H,1,3,8,10-13,16H2/b4-2+,9-5+,25-16+;4-2+,9-5+,25-16-;4-2+,9-5+,24-18+. The summed E-state index contributed by atoms with van der Waals surface area (Å²) in [6.45, 7) is 3.85. The number of nitrogens with zero attached hydrogens (tertiary/aromatic N) is 6. The Morgan fingerprint density at radius 3 is 1.15 bits per heavy atom. The minimum absolute atomic E-state index is 0.0184. The van der Waals surface area contributed by atoms with Gasteiger partial charge in [0.2, 0.25) is 0 Å². The molecule has 0 spiro atoms. The number of fused-ring (bicyclic) bond motifs is 3. The molecule has 6 N–H and O–H groups in total. The van der Waals surface area contributed by atoms with Gasteiger partial charge in [-0.25, -0.2) is 14.4 Å². The van der Waals surface area contributed by atoms with E-state index in [-0.39, 0.29) is 137 Å². The van der Waals surface area contributed by atoms with Crippen LogP contribution in [-0.2, 0) is 62.4 Å². The van der Waals surface area contributed by atoms with Crippen molar-refractivity contribution in [3.8, 4) is 34.5 Å². The monoisotopic (exact) mass is 1350 g/mol. The quantitative estimate of drug-likeness (QED) is 0.0502. The van der Waals surface area contributed by atoms with E-state index in [4.69, 9.17) is 51.9 Å². The number of carbonyl (C=O) groups excluding carboxylic acids is 6. The summed E-state index contributed by atoms with van der Waals surface area (Å²) in [6.07, 6.45) is 36.8. The van der Waals surface area contributed by atoms with Crippen LogP contribution in [0.2, 0.25) is 10.0 Å². The van der Waals surface area contributed by atoms with Crippen molar-refractivity contribution in [1.29, 1.82) is 0 Å². The molecular weight excluding hydrogens is 1270 g/mol. The number of rotatable bonds is 9. The zero-order valence-electron chi connectivity index (χ0n) is 52.7. The zero-order valence-corrected chi connectivity index (χ0v) is 54.2. The number of likely N-dealkylation sites (tertiary alicyclic amines) is 2. The van der Waals surface area contributed by atoms with Crippen LogP contribution in [0, 0.1) is 0 Å². The maximum Gasteiger partial charge on any atom is 0.342 e. The van der Waals surface area contributed by atoms with Crippen molar-refractivity contribution in [2.75, 3.05) is 78.9 Å². The lowest BCUT2D eigenvalue weighted by molar-refractivity contribution is -0.135. The van der Waals surface area contributed by atoms with Crippen LogP contribution in [0.15, 0.2) is 125 Å². The van der Waals surface area contributed by atoms with Gasteiger partial charge in [0.05, 0.1) is 47.0 Å². The molecule has 9 rings (SSSR count). The lowest BCUT2D eigenvalue weighted by atomic mass is 9.99. The highest BCUT2D eigenvalue weighted by atomic mass is 35.5. The van der Waals surface area contributed by atoms with Crippen LogP contribution in [0.5, 0.6) is 34.5 Å². The molecule has 24 nitrogen and oxygen atoms in total. The van der Waals surface area contributed by atoms with Gasteiger partial charge in [-0.1, -0.05) is 106 Å². The van der Waals surface area contributed by atoms with E-state index in [0.29, 0.717) is 55.1 Å².